The van der Waals surface area contributed by atoms with Crippen LogP contribution in [0.2, 0.25) is 0 Å². The second kappa shape index (κ2) is 6.23. The van der Waals surface area contributed by atoms with Crippen LogP contribution in [0.5, 0.6) is 0 Å². The third kappa shape index (κ3) is 2.93. The molecule has 0 radical (unpaired) electrons. The zero-order chi connectivity index (χ0) is 13.8. The average Bonchev–Trinajstić information content (AvgIpc) is 2.98. The first-order valence-corrected chi connectivity index (χ1v) is 7.61. The minimum absolute atomic E-state index is 0.441. The van der Waals surface area contributed by atoms with Crippen LogP contribution in [0.15, 0.2) is 30.3 Å². The first kappa shape index (κ1) is 13.4. The molecule has 0 saturated heterocycles. The van der Waals surface area contributed by atoms with E-state index in [0.29, 0.717) is 12.7 Å². The van der Waals surface area contributed by atoms with Gasteiger partial charge in [-0.2, -0.15) is 0 Å². The Morgan fingerprint density at radius 1 is 1.25 bits per heavy atom. The van der Waals surface area contributed by atoms with Gasteiger partial charge in [0.2, 0.25) is 0 Å². The molecule has 0 atom stereocenters. The maximum absolute atomic E-state index is 6.04. The number of para-hydroxylation sites is 1. The van der Waals surface area contributed by atoms with Crippen molar-refractivity contribution in [2.24, 2.45) is 0 Å². The van der Waals surface area contributed by atoms with E-state index in [1.165, 1.54) is 31.1 Å². The predicted octanol–water partition coefficient (Wildman–Crippen LogP) is 4.13. The number of rotatable bonds is 5. The minimum Gasteiger partial charge on any atom is -0.373 e. The molecule has 0 spiro atoms. The normalized spacial score (nSPS) is 15.8. The number of nitrogens with zero attached hydrogens (tertiary/aromatic N) is 1. The predicted molar refractivity (Wildman–Crippen MR) is 83.0 cm³/mol. The van der Waals surface area contributed by atoms with Crippen molar-refractivity contribution in [3.8, 4) is 0 Å². The van der Waals surface area contributed by atoms with E-state index in [2.05, 4.69) is 36.5 Å². The second-order valence-corrected chi connectivity index (χ2v) is 5.44. The molecule has 1 saturated carbocycles. The molecule has 1 aliphatic carbocycles. The van der Waals surface area contributed by atoms with Crippen LogP contribution >= 0.6 is 0 Å². The van der Waals surface area contributed by atoms with Crippen LogP contribution in [0.1, 0.15) is 38.2 Å². The summed E-state index contributed by atoms with van der Waals surface area (Å²) in [7, 11) is 0. The molecule has 106 valence electrons. The van der Waals surface area contributed by atoms with E-state index in [1.807, 2.05) is 6.07 Å². The van der Waals surface area contributed by atoms with Gasteiger partial charge in [0.05, 0.1) is 18.2 Å². The Balaban J connectivity index is 1.84. The summed E-state index contributed by atoms with van der Waals surface area (Å²) >= 11 is 0. The van der Waals surface area contributed by atoms with Gasteiger partial charge in [0.25, 0.3) is 0 Å². The van der Waals surface area contributed by atoms with Crippen molar-refractivity contribution in [2.45, 2.75) is 45.3 Å². The van der Waals surface area contributed by atoms with Crippen molar-refractivity contribution in [3.05, 3.63) is 35.9 Å². The topological polar surface area (TPSA) is 34.2 Å². The summed E-state index contributed by atoms with van der Waals surface area (Å²) in [6, 6.07) is 10.4. The summed E-state index contributed by atoms with van der Waals surface area (Å²) in [5.41, 5.74) is 2.20. The summed E-state index contributed by atoms with van der Waals surface area (Å²) in [6.07, 6.45) is 5.47. The summed E-state index contributed by atoms with van der Waals surface area (Å²) < 4.78 is 6.04. The first-order chi connectivity index (χ1) is 9.86. The van der Waals surface area contributed by atoms with Gasteiger partial charge < -0.3 is 10.1 Å². The monoisotopic (exact) mass is 270 g/mol. The molecule has 1 aromatic carbocycles. The van der Waals surface area contributed by atoms with Crippen LogP contribution in [0.4, 0.5) is 5.82 Å². The molecule has 0 aliphatic heterocycles. The SMILES string of the molecule is CCNc1nc2ccccc2cc1COC1CCCC1. The minimum atomic E-state index is 0.441. The van der Waals surface area contributed by atoms with E-state index in [9.17, 15) is 0 Å². The van der Waals surface area contributed by atoms with Gasteiger partial charge in [-0.1, -0.05) is 31.0 Å². The van der Waals surface area contributed by atoms with Gasteiger partial charge in [0.15, 0.2) is 0 Å². The number of anilines is 1. The lowest BCUT2D eigenvalue weighted by Gasteiger charge is -2.15. The van der Waals surface area contributed by atoms with Gasteiger partial charge in [-0.3, -0.25) is 0 Å². The lowest BCUT2D eigenvalue weighted by Crippen LogP contribution is -2.10. The van der Waals surface area contributed by atoms with Gasteiger partial charge >= 0.3 is 0 Å². The second-order valence-electron chi connectivity index (χ2n) is 5.44. The molecular formula is C17H22N2O. The van der Waals surface area contributed by atoms with Gasteiger partial charge in [0, 0.05) is 17.5 Å². The summed E-state index contributed by atoms with van der Waals surface area (Å²) in [5, 5.41) is 4.53. The molecule has 0 amide bonds. The van der Waals surface area contributed by atoms with Crippen molar-refractivity contribution < 1.29 is 4.74 Å². The maximum Gasteiger partial charge on any atom is 0.132 e. The molecule has 0 bridgehead atoms. The Bertz CT molecular complexity index is 576. The van der Waals surface area contributed by atoms with Crippen LogP contribution in [-0.4, -0.2) is 17.6 Å². The highest BCUT2D eigenvalue weighted by Crippen LogP contribution is 2.25. The Morgan fingerprint density at radius 2 is 2.05 bits per heavy atom. The third-order valence-electron chi connectivity index (χ3n) is 3.92. The summed E-state index contributed by atoms with van der Waals surface area (Å²) in [5.74, 6) is 0.962. The first-order valence-electron chi connectivity index (χ1n) is 7.61. The largest absolute Gasteiger partial charge is 0.373 e. The molecule has 3 heteroatoms. The quantitative estimate of drug-likeness (QED) is 0.887. The van der Waals surface area contributed by atoms with Crippen molar-refractivity contribution in [1.29, 1.82) is 0 Å². The van der Waals surface area contributed by atoms with Crippen molar-refractivity contribution in [2.75, 3.05) is 11.9 Å². The Kier molecular flexibility index (Phi) is 4.16. The molecule has 1 N–H and O–H groups in total. The van der Waals surface area contributed by atoms with Gasteiger partial charge in [-0.15, -0.1) is 0 Å². The van der Waals surface area contributed by atoms with Gasteiger partial charge in [0.1, 0.15) is 5.82 Å². The van der Waals surface area contributed by atoms with Crippen molar-refractivity contribution in [3.63, 3.8) is 0 Å². The number of ether oxygens (including phenoxy) is 1. The Morgan fingerprint density at radius 3 is 2.85 bits per heavy atom. The highest BCUT2D eigenvalue weighted by molar-refractivity contribution is 5.81. The molecule has 3 rings (SSSR count). The maximum atomic E-state index is 6.04. The fraction of sp³-hybridized carbons (Fsp3) is 0.471. The Hall–Kier alpha value is -1.61. The van der Waals surface area contributed by atoms with Crippen molar-refractivity contribution >= 4 is 16.7 Å². The molecule has 2 aromatic rings. The number of benzene rings is 1. The zero-order valence-corrected chi connectivity index (χ0v) is 12.1. The fourth-order valence-corrected chi connectivity index (χ4v) is 2.85. The van der Waals surface area contributed by atoms with E-state index in [1.54, 1.807) is 0 Å². The molecule has 20 heavy (non-hydrogen) atoms. The number of hydrogen-bond donors (Lipinski definition) is 1. The lowest BCUT2D eigenvalue weighted by molar-refractivity contribution is 0.0459. The van der Waals surface area contributed by atoms with Crippen LogP contribution < -0.4 is 5.32 Å². The van der Waals surface area contributed by atoms with Gasteiger partial charge in [-0.05, 0) is 31.9 Å². The Labute approximate surface area is 120 Å². The summed E-state index contributed by atoms with van der Waals surface area (Å²) in [6.45, 7) is 3.63. The standard InChI is InChI=1S/C17H22N2O/c1-2-18-17-14(12-20-15-8-4-5-9-15)11-13-7-3-6-10-16(13)19-17/h3,6-7,10-11,15H,2,4-5,8-9,12H2,1H3,(H,18,19). The molecule has 0 unspecified atom stereocenters. The van der Waals surface area contributed by atoms with Crippen LogP contribution in [-0.2, 0) is 11.3 Å². The molecule has 1 aliphatic rings. The van der Waals surface area contributed by atoms with Crippen molar-refractivity contribution in [1.82, 2.24) is 4.98 Å². The highest BCUT2D eigenvalue weighted by atomic mass is 16.5. The van der Waals surface area contributed by atoms with E-state index >= 15 is 0 Å². The number of nitrogens with one attached hydrogen (secondary N) is 1. The molecule has 1 aromatic heterocycles. The third-order valence-corrected chi connectivity index (χ3v) is 3.92. The molecular weight excluding hydrogens is 248 g/mol. The molecule has 1 fully saturated rings. The molecule has 1 heterocycles. The van der Waals surface area contributed by atoms with E-state index in [4.69, 9.17) is 9.72 Å². The summed E-state index contributed by atoms with van der Waals surface area (Å²) in [4.78, 5) is 4.72. The van der Waals surface area contributed by atoms with Crippen LogP contribution in [0.25, 0.3) is 10.9 Å². The van der Waals surface area contributed by atoms with E-state index in [0.717, 1.165) is 23.4 Å². The van der Waals surface area contributed by atoms with Crippen LogP contribution in [0.3, 0.4) is 0 Å². The lowest BCUT2D eigenvalue weighted by atomic mass is 10.1. The number of pyridine rings is 1. The van der Waals surface area contributed by atoms with E-state index in [-0.39, 0.29) is 0 Å². The molecule has 3 nitrogen and oxygen atoms in total. The highest BCUT2D eigenvalue weighted by Gasteiger charge is 2.16. The number of hydrogen-bond acceptors (Lipinski definition) is 3. The average molecular weight is 270 g/mol. The van der Waals surface area contributed by atoms with E-state index < -0.39 is 0 Å². The fourth-order valence-electron chi connectivity index (χ4n) is 2.85. The van der Waals surface area contributed by atoms with Crippen LogP contribution in [0, 0.1) is 0 Å². The smallest absolute Gasteiger partial charge is 0.132 e. The van der Waals surface area contributed by atoms with Gasteiger partial charge in [-0.25, -0.2) is 4.98 Å². The zero-order valence-electron chi connectivity index (χ0n) is 12.1. The number of aromatic nitrogens is 1. The number of fused-ring (bicyclic) bond motifs is 1.